The predicted molar refractivity (Wildman–Crippen MR) is 85.9 cm³/mol. The van der Waals surface area contributed by atoms with E-state index in [0.717, 1.165) is 6.54 Å². The summed E-state index contributed by atoms with van der Waals surface area (Å²) in [4.78, 5) is 4.89. The maximum atomic E-state index is 4.89. The Hall–Kier alpha value is 0.170. The summed E-state index contributed by atoms with van der Waals surface area (Å²) in [6.07, 6.45) is 9.01. The van der Waals surface area contributed by atoms with Gasteiger partial charge in [-0.15, -0.1) is 0 Å². The number of thioether (sulfide) groups is 2. The SMILES string of the molecule is CSC1(CN=C2NC(C(C)C)CCS2)CCCC1. The number of nitrogens with one attached hydrogen (secondary N) is 1. The molecule has 1 atom stereocenters. The van der Waals surface area contributed by atoms with Crippen molar-refractivity contribution in [1.82, 2.24) is 5.32 Å². The van der Waals surface area contributed by atoms with Crippen LogP contribution in [-0.2, 0) is 0 Å². The number of aliphatic imine (C=N–C) groups is 1. The Labute approximate surface area is 120 Å². The van der Waals surface area contributed by atoms with E-state index in [4.69, 9.17) is 4.99 Å². The van der Waals surface area contributed by atoms with Gasteiger partial charge in [0.25, 0.3) is 0 Å². The summed E-state index contributed by atoms with van der Waals surface area (Å²) in [5.41, 5.74) is 0. The molecule has 104 valence electrons. The highest BCUT2D eigenvalue weighted by molar-refractivity contribution is 8.13. The van der Waals surface area contributed by atoms with Crippen molar-refractivity contribution in [2.75, 3.05) is 18.6 Å². The summed E-state index contributed by atoms with van der Waals surface area (Å²) in [6, 6.07) is 0.624. The first-order valence-corrected chi connectivity index (χ1v) is 9.35. The Morgan fingerprint density at radius 2 is 2.17 bits per heavy atom. The third-order valence-corrected chi connectivity index (χ3v) is 6.60. The van der Waals surface area contributed by atoms with Crippen LogP contribution in [0.5, 0.6) is 0 Å². The van der Waals surface area contributed by atoms with Gasteiger partial charge in [0.15, 0.2) is 5.17 Å². The molecule has 18 heavy (non-hydrogen) atoms. The Morgan fingerprint density at radius 1 is 1.44 bits per heavy atom. The second-order valence-electron chi connectivity index (χ2n) is 5.85. The largest absolute Gasteiger partial charge is 0.362 e. The van der Waals surface area contributed by atoms with Gasteiger partial charge in [-0.25, -0.2) is 0 Å². The van der Waals surface area contributed by atoms with E-state index in [-0.39, 0.29) is 0 Å². The fourth-order valence-corrected chi connectivity index (χ4v) is 4.65. The lowest BCUT2D eigenvalue weighted by atomic mass is 10.0. The van der Waals surface area contributed by atoms with Gasteiger partial charge in [0.1, 0.15) is 0 Å². The lowest BCUT2D eigenvalue weighted by molar-refractivity contribution is 0.442. The molecule has 1 aliphatic carbocycles. The summed E-state index contributed by atoms with van der Waals surface area (Å²) in [7, 11) is 0. The molecule has 1 saturated heterocycles. The first-order chi connectivity index (χ1) is 8.65. The molecular weight excluding hydrogens is 260 g/mol. The number of amidine groups is 1. The predicted octanol–water partition coefficient (Wildman–Crippen LogP) is 3.77. The number of hydrogen-bond acceptors (Lipinski definition) is 3. The van der Waals surface area contributed by atoms with Gasteiger partial charge >= 0.3 is 0 Å². The fraction of sp³-hybridized carbons (Fsp3) is 0.929. The molecule has 2 nitrogen and oxygen atoms in total. The maximum absolute atomic E-state index is 4.89. The van der Waals surface area contributed by atoms with E-state index in [1.807, 2.05) is 23.5 Å². The van der Waals surface area contributed by atoms with Crippen molar-refractivity contribution in [3.05, 3.63) is 0 Å². The van der Waals surface area contributed by atoms with E-state index in [1.54, 1.807) is 0 Å². The van der Waals surface area contributed by atoms with E-state index < -0.39 is 0 Å². The van der Waals surface area contributed by atoms with Gasteiger partial charge in [-0.1, -0.05) is 38.5 Å². The summed E-state index contributed by atoms with van der Waals surface area (Å²) >= 11 is 3.94. The van der Waals surface area contributed by atoms with Gasteiger partial charge in [0.2, 0.25) is 0 Å². The van der Waals surface area contributed by atoms with Crippen molar-refractivity contribution in [1.29, 1.82) is 0 Å². The van der Waals surface area contributed by atoms with Gasteiger partial charge in [-0.05, 0) is 31.4 Å². The van der Waals surface area contributed by atoms with Crippen molar-refractivity contribution < 1.29 is 0 Å². The van der Waals surface area contributed by atoms with Gasteiger partial charge in [-0.3, -0.25) is 4.99 Å². The van der Waals surface area contributed by atoms with Crippen LogP contribution in [0.15, 0.2) is 4.99 Å². The standard InChI is InChI=1S/C14H26N2S2/c1-11(2)12-6-9-18-13(16-12)15-10-14(17-3)7-4-5-8-14/h11-12H,4-10H2,1-3H3,(H,15,16). The molecule has 0 aromatic heterocycles. The van der Waals surface area contributed by atoms with Crippen LogP contribution in [0.3, 0.4) is 0 Å². The minimum Gasteiger partial charge on any atom is -0.362 e. The zero-order chi connectivity index (χ0) is 13.0. The van der Waals surface area contributed by atoms with E-state index in [0.29, 0.717) is 16.7 Å². The minimum absolute atomic E-state index is 0.444. The molecule has 0 radical (unpaired) electrons. The van der Waals surface area contributed by atoms with E-state index >= 15 is 0 Å². The first kappa shape index (κ1) is 14.6. The average Bonchev–Trinajstić information content (AvgIpc) is 2.86. The van der Waals surface area contributed by atoms with Crippen LogP contribution in [0.4, 0.5) is 0 Å². The maximum Gasteiger partial charge on any atom is 0.156 e. The van der Waals surface area contributed by atoms with Crippen molar-refractivity contribution in [2.45, 2.75) is 56.7 Å². The van der Waals surface area contributed by atoms with Gasteiger partial charge in [-0.2, -0.15) is 11.8 Å². The topological polar surface area (TPSA) is 24.4 Å². The van der Waals surface area contributed by atoms with E-state index in [2.05, 4.69) is 25.4 Å². The highest BCUT2D eigenvalue weighted by Crippen LogP contribution is 2.40. The van der Waals surface area contributed by atoms with Crippen LogP contribution in [0.1, 0.15) is 46.0 Å². The summed E-state index contributed by atoms with van der Waals surface area (Å²) in [5, 5.41) is 4.82. The lowest BCUT2D eigenvalue weighted by Crippen LogP contribution is -2.41. The molecule has 0 aromatic carbocycles. The number of rotatable bonds is 4. The van der Waals surface area contributed by atoms with Gasteiger partial charge in [0, 0.05) is 16.5 Å². The van der Waals surface area contributed by atoms with Crippen LogP contribution in [0.25, 0.3) is 0 Å². The molecule has 1 heterocycles. The monoisotopic (exact) mass is 286 g/mol. The lowest BCUT2D eigenvalue weighted by Gasteiger charge is -2.30. The molecule has 1 N–H and O–H groups in total. The quantitative estimate of drug-likeness (QED) is 0.851. The molecule has 1 saturated carbocycles. The Kier molecular flexibility index (Phi) is 5.31. The molecular formula is C14H26N2S2. The highest BCUT2D eigenvalue weighted by atomic mass is 32.2. The molecule has 4 heteroatoms. The molecule has 0 amide bonds. The third-order valence-electron chi connectivity index (χ3n) is 4.24. The van der Waals surface area contributed by atoms with Gasteiger partial charge in [0.05, 0.1) is 6.54 Å². The normalized spacial score (nSPS) is 29.8. The zero-order valence-corrected chi connectivity index (χ0v) is 13.5. The fourth-order valence-electron chi connectivity index (χ4n) is 2.81. The van der Waals surface area contributed by atoms with Crippen molar-refractivity contribution in [3.63, 3.8) is 0 Å². The minimum atomic E-state index is 0.444. The second-order valence-corrected chi connectivity index (χ2v) is 8.21. The van der Waals surface area contributed by atoms with Crippen molar-refractivity contribution in [2.24, 2.45) is 10.9 Å². The Morgan fingerprint density at radius 3 is 2.78 bits per heavy atom. The number of nitrogens with zero attached hydrogens (tertiary/aromatic N) is 1. The third kappa shape index (κ3) is 3.60. The summed E-state index contributed by atoms with van der Waals surface area (Å²) < 4.78 is 0.444. The Bertz CT molecular complexity index is 296. The molecule has 0 aromatic rings. The summed E-state index contributed by atoms with van der Waals surface area (Å²) in [5.74, 6) is 1.93. The molecule has 2 rings (SSSR count). The first-order valence-electron chi connectivity index (χ1n) is 7.14. The highest BCUT2D eigenvalue weighted by Gasteiger charge is 2.33. The zero-order valence-electron chi connectivity index (χ0n) is 11.9. The second kappa shape index (κ2) is 6.56. The molecule has 2 aliphatic rings. The van der Waals surface area contributed by atoms with Crippen LogP contribution < -0.4 is 5.32 Å². The van der Waals surface area contributed by atoms with Crippen molar-refractivity contribution in [3.8, 4) is 0 Å². The van der Waals surface area contributed by atoms with Crippen LogP contribution in [0, 0.1) is 5.92 Å². The van der Waals surface area contributed by atoms with Crippen LogP contribution in [0.2, 0.25) is 0 Å². The van der Waals surface area contributed by atoms with Gasteiger partial charge < -0.3 is 5.32 Å². The Balaban J connectivity index is 1.92. The molecule has 2 fully saturated rings. The van der Waals surface area contributed by atoms with E-state index in [9.17, 15) is 0 Å². The summed E-state index contributed by atoms with van der Waals surface area (Å²) in [6.45, 7) is 5.60. The molecule has 0 bridgehead atoms. The van der Waals surface area contributed by atoms with Crippen molar-refractivity contribution >= 4 is 28.7 Å². The smallest absolute Gasteiger partial charge is 0.156 e. The molecule has 0 spiro atoms. The molecule has 1 unspecified atom stereocenters. The number of hydrogen-bond donors (Lipinski definition) is 1. The van der Waals surface area contributed by atoms with E-state index in [1.165, 1.54) is 43.0 Å². The van der Waals surface area contributed by atoms with Crippen LogP contribution in [-0.4, -0.2) is 34.5 Å². The molecule has 1 aliphatic heterocycles. The van der Waals surface area contributed by atoms with Crippen LogP contribution >= 0.6 is 23.5 Å². The average molecular weight is 287 g/mol.